The minimum atomic E-state index is -0.435. The van der Waals surface area contributed by atoms with Crippen molar-refractivity contribution in [2.45, 2.75) is 0 Å². The predicted molar refractivity (Wildman–Crippen MR) is 58.9 cm³/mol. The number of ether oxygens (including phenoxy) is 1. The van der Waals surface area contributed by atoms with Crippen LogP contribution in [0.1, 0.15) is 0 Å². The van der Waals surface area contributed by atoms with Crippen LogP contribution in [0.15, 0.2) is 0 Å². The summed E-state index contributed by atoms with van der Waals surface area (Å²) in [6.45, 7) is 2.69. The first-order chi connectivity index (χ1) is 7.16. The molecule has 86 valence electrons. The number of carbonyl (C=O) groups excluding carboxylic acids is 2. The fraction of sp³-hybridized carbons (Fsp3) is 0.778. The summed E-state index contributed by atoms with van der Waals surface area (Å²) < 4.78 is 5.20. The highest BCUT2D eigenvalue weighted by molar-refractivity contribution is 7.80. The highest BCUT2D eigenvalue weighted by atomic mass is 32.1. The third kappa shape index (κ3) is 3.39. The molecule has 0 unspecified atom stereocenters. The summed E-state index contributed by atoms with van der Waals surface area (Å²) in [5, 5.41) is 0. The van der Waals surface area contributed by atoms with Crippen molar-refractivity contribution in [2.75, 3.05) is 45.6 Å². The SMILES string of the molecule is CN1CCN(CCOCCS)C(=O)C1=O. The predicted octanol–water partition coefficient (Wildman–Crippen LogP) is -0.767. The van der Waals surface area contributed by atoms with Crippen molar-refractivity contribution in [1.29, 1.82) is 0 Å². The van der Waals surface area contributed by atoms with E-state index in [0.29, 0.717) is 38.6 Å². The second-order valence-electron chi connectivity index (χ2n) is 3.35. The van der Waals surface area contributed by atoms with Crippen LogP contribution in [0.4, 0.5) is 0 Å². The fourth-order valence-corrected chi connectivity index (χ4v) is 1.46. The first kappa shape index (κ1) is 12.3. The molecule has 0 atom stereocenters. The fourth-order valence-electron chi connectivity index (χ4n) is 1.33. The van der Waals surface area contributed by atoms with Crippen LogP contribution in [0.25, 0.3) is 0 Å². The lowest BCUT2D eigenvalue weighted by Gasteiger charge is -2.31. The van der Waals surface area contributed by atoms with Gasteiger partial charge in [0.2, 0.25) is 0 Å². The first-order valence-corrected chi connectivity index (χ1v) is 5.53. The molecule has 0 aromatic carbocycles. The zero-order valence-corrected chi connectivity index (χ0v) is 9.70. The lowest BCUT2D eigenvalue weighted by molar-refractivity contribution is -0.155. The second-order valence-corrected chi connectivity index (χ2v) is 3.80. The van der Waals surface area contributed by atoms with E-state index in [0.717, 1.165) is 0 Å². The van der Waals surface area contributed by atoms with Crippen LogP contribution in [0, 0.1) is 0 Å². The van der Waals surface area contributed by atoms with Gasteiger partial charge in [-0.05, 0) is 0 Å². The Balaban J connectivity index is 2.30. The molecule has 0 aromatic rings. The van der Waals surface area contributed by atoms with E-state index in [2.05, 4.69) is 12.6 Å². The zero-order chi connectivity index (χ0) is 11.3. The van der Waals surface area contributed by atoms with E-state index >= 15 is 0 Å². The van der Waals surface area contributed by atoms with Gasteiger partial charge in [0.1, 0.15) is 0 Å². The molecule has 0 aromatic heterocycles. The quantitative estimate of drug-likeness (QED) is 0.385. The molecule has 2 amide bonds. The van der Waals surface area contributed by atoms with E-state index in [1.807, 2.05) is 0 Å². The van der Waals surface area contributed by atoms with Crippen molar-refractivity contribution in [3.63, 3.8) is 0 Å². The smallest absolute Gasteiger partial charge is 0.312 e. The summed E-state index contributed by atoms with van der Waals surface area (Å²) >= 11 is 4.00. The van der Waals surface area contributed by atoms with Crippen molar-refractivity contribution in [2.24, 2.45) is 0 Å². The molecule has 15 heavy (non-hydrogen) atoms. The minimum absolute atomic E-state index is 0.432. The van der Waals surface area contributed by atoms with E-state index < -0.39 is 11.8 Å². The summed E-state index contributed by atoms with van der Waals surface area (Å²) in [5.41, 5.74) is 0. The van der Waals surface area contributed by atoms with E-state index in [4.69, 9.17) is 4.74 Å². The van der Waals surface area contributed by atoms with Gasteiger partial charge in [-0.15, -0.1) is 0 Å². The number of carbonyl (C=O) groups is 2. The molecule has 0 N–H and O–H groups in total. The second kappa shape index (κ2) is 5.97. The number of likely N-dealkylation sites (N-methyl/N-ethyl adjacent to an activating group) is 1. The van der Waals surface area contributed by atoms with Gasteiger partial charge in [-0.2, -0.15) is 12.6 Å². The summed E-state index contributed by atoms with van der Waals surface area (Å²) in [5.74, 6) is -0.205. The Morgan fingerprint density at radius 1 is 1.27 bits per heavy atom. The van der Waals surface area contributed by atoms with Crippen LogP contribution in [-0.4, -0.2) is 67.3 Å². The normalized spacial score (nSPS) is 17.5. The molecule has 6 heteroatoms. The van der Waals surface area contributed by atoms with E-state index in [1.165, 1.54) is 9.80 Å². The average Bonchev–Trinajstić information content (AvgIpc) is 2.24. The molecule has 1 saturated heterocycles. The summed E-state index contributed by atoms with van der Waals surface area (Å²) in [6, 6.07) is 0. The van der Waals surface area contributed by atoms with Gasteiger partial charge in [0.15, 0.2) is 0 Å². The van der Waals surface area contributed by atoms with Gasteiger partial charge in [0, 0.05) is 32.4 Å². The number of amides is 2. The number of hydrogen-bond donors (Lipinski definition) is 1. The van der Waals surface area contributed by atoms with Crippen molar-refractivity contribution in [3.8, 4) is 0 Å². The van der Waals surface area contributed by atoms with Gasteiger partial charge in [-0.3, -0.25) is 9.59 Å². The van der Waals surface area contributed by atoms with Crippen molar-refractivity contribution >= 4 is 24.4 Å². The van der Waals surface area contributed by atoms with Crippen molar-refractivity contribution in [1.82, 2.24) is 9.80 Å². The number of hydrogen-bond acceptors (Lipinski definition) is 4. The maximum atomic E-state index is 11.5. The summed E-state index contributed by atoms with van der Waals surface area (Å²) in [6.07, 6.45) is 0. The van der Waals surface area contributed by atoms with Crippen LogP contribution >= 0.6 is 12.6 Å². The maximum absolute atomic E-state index is 11.5. The molecule has 0 bridgehead atoms. The van der Waals surface area contributed by atoms with Crippen LogP contribution in [-0.2, 0) is 14.3 Å². The van der Waals surface area contributed by atoms with Gasteiger partial charge in [-0.1, -0.05) is 0 Å². The lowest BCUT2D eigenvalue weighted by atomic mass is 10.3. The Labute approximate surface area is 94.8 Å². The molecule has 0 saturated carbocycles. The molecule has 0 spiro atoms. The number of rotatable bonds is 5. The molecule has 1 rings (SSSR count). The number of thiol groups is 1. The third-order valence-electron chi connectivity index (χ3n) is 2.26. The minimum Gasteiger partial charge on any atom is -0.379 e. The van der Waals surface area contributed by atoms with Crippen molar-refractivity contribution < 1.29 is 14.3 Å². The molecule has 0 aliphatic carbocycles. The van der Waals surface area contributed by atoms with Crippen LogP contribution in [0.5, 0.6) is 0 Å². The molecule has 1 aliphatic heterocycles. The Kier molecular flexibility index (Phi) is 4.90. The van der Waals surface area contributed by atoms with Crippen LogP contribution in [0.3, 0.4) is 0 Å². The highest BCUT2D eigenvalue weighted by Gasteiger charge is 2.29. The molecule has 5 nitrogen and oxygen atoms in total. The highest BCUT2D eigenvalue weighted by Crippen LogP contribution is 2.02. The van der Waals surface area contributed by atoms with Crippen LogP contribution < -0.4 is 0 Å². The molecule has 0 radical (unpaired) electrons. The topological polar surface area (TPSA) is 49.9 Å². The Bertz CT molecular complexity index is 248. The summed E-state index contributed by atoms with van der Waals surface area (Å²) in [7, 11) is 1.63. The molecular weight excluding hydrogens is 216 g/mol. The Morgan fingerprint density at radius 2 is 2.00 bits per heavy atom. The van der Waals surface area contributed by atoms with Crippen molar-refractivity contribution in [3.05, 3.63) is 0 Å². The number of nitrogens with zero attached hydrogens (tertiary/aromatic N) is 2. The zero-order valence-electron chi connectivity index (χ0n) is 8.81. The van der Waals surface area contributed by atoms with E-state index in [9.17, 15) is 9.59 Å². The Morgan fingerprint density at radius 3 is 2.67 bits per heavy atom. The van der Waals surface area contributed by atoms with Gasteiger partial charge in [-0.25, -0.2) is 0 Å². The first-order valence-electron chi connectivity index (χ1n) is 4.89. The van der Waals surface area contributed by atoms with Crippen LogP contribution in [0.2, 0.25) is 0 Å². The van der Waals surface area contributed by atoms with Gasteiger partial charge >= 0.3 is 11.8 Å². The molecule has 1 aliphatic rings. The Hall–Kier alpha value is -0.750. The molecule has 1 heterocycles. The maximum Gasteiger partial charge on any atom is 0.312 e. The van der Waals surface area contributed by atoms with Gasteiger partial charge in [0.05, 0.1) is 13.2 Å². The monoisotopic (exact) mass is 232 g/mol. The summed E-state index contributed by atoms with van der Waals surface area (Å²) in [4.78, 5) is 25.7. The van der Waals surface area contributed by atoms with E-state index in [-0.39, 0.29) is 0 Å². The largest absolute Gasteiger partial charge is 0.379 e. The van der Waals surface area contributed by atoms with E-state index in [1.54, 1.807) is 7.05 Å². The van der Waals surface area contributed by atoms with Gasteiger partial charge < -0.3 is 14.5 Å². The standard InChI is InChI=1S/C9H16N2O3S/c1-10-2-3-11(9(13)8(10)12)4-5-14-6-7-15/h15H,2-7H2,1H3. The average molecular weight is 232 g/mol. The lowest BCUT2D eigenvalue weighted by Crippen LogP contribution is -2.53. The van der Waals surface area contributed by atoms with Gasteiger partial charge in [0.25, 0.3) is 0 Å². The molecular formula is C9H16N2O3S. The molecule has 1 fully saturated rings. The third-order valence-corrected chi connectivity index (χ3v) is 2.45. The number of piperazine rings is 1.